The maximum atomic E-state index is 12.1. The maximum Gasteiger partial charge on any atom is 0.303 e. The third kappa shape index (κ3) is 3.59. The van der Waals surface area contributed by atoms with E-state index in [0.29, 0.717) is 10.7 Å². The van der Waals surface area contributed by atoms with Crippen molar-refractivity contribution in [3.8, 4) is 0 Å². The van der Waals surface area contributed by atoms with Crippen LogP contribution in [0.2, 0.25) is 0 Å². The van der Waals surface area contributed by atoms with Crippen molar-refractivity contribution in [1.29, 1.82) is 0 Å². The van der Waals surface area contributed by atoms with Crippen LogP contribution in [0, 0.1) is 0 Å². The van der Waals surface area contributed by atoms with Crippen LogP contribution >= 0.6 is 11.3 Å². The molecule has 2 aromatic rings. The number of carbonyl (C=O) groups is 2. The number of anilines is 1. The first kappa shape index (κ1) is 13.2. The van der Waals surface area contributed by atoms with E-state index in [-0.39, 0.29) is 0 Å². The summed E-state index contributed by atoms with van der Waals surface area (Å²) >= 11 is 1.19. The molecule has 2 rings (SSSR count). The predicted molar refractivity (Wildman–Crippen MR) is 69.5 cm³/mol. The molecule has 19 heavy (non-hydrogen) atoms. The van der Waals surface area contributed by atoms with E-state index >= 15 is 0 Å². The average Bonchev–Trinajstić information content (AvgIpc) is 2.89. The van der Waals surface area contributed by atoms with Crippen molar-refractivity contribution in [3.05, 3.63) is 41.4 Å². The summed E-state index contributed by atoms with van der Waals surface area (Å²) in [6.45, 7) is 1.26. The van der Waals surface area contributed by atoms with E-state index in [1.807, 2.05) is 6.07 Å². The zero-order valence-electron chi connectivity index (χ0n) is 10.1. The monoisotopic (exact) mass is 277 g/mol. The summed E-state index contributed by atoms with van der Waals surface area (Å²) in [5.74, 6) is -0.987. The van der Waals surface area contributed by atoms with Crippen molar-refractivity contribution in [2.45, 2.75) is 13.0 Å². The van der Waals surface area contributed by atoms with Crippen molar-refractivity contribution in [1.82, 2.24) is 10.2 Å². The Kier molecular flexibility index (Phi) is 4.19. The lowest BCUT2D eigenvalue weighted by atomic mass is 10.1. The van der Waals surface area contributed by atoms with Gasteiger partial charge in [0.05, 0.1) is 0 Å². The fraction of sp³-hybridized carbons (Fsp3) is 0.167. The molecular formula is C12H11N3O3S. The van der Waals surface area contributed by atoms with Gasteiger partial charge in [-0.1, -0.05) is 41.7 Å². The van der Waals surface area contributed by atoms with Gasteiger partial charge in [0.15, 0.2) is 0 Å². The second-order valence-electron chi connectivity index (χ2n) is 3.63. The van der Waals surface area contributed by atoms with Crippen molar-refractivity contribution < 1.29 is 14.3 Å². The van der Waals surface area contributed by atoms with E-state index in [9.17, 15) is 9.59 Å². The largest absolute Gasteiger partial charge is 0.447 e. The van der Waals surface area contributed by atoms with Crippen LogP contribution in [0.3, 0.4) is 0 Å². The minimum atomic E-state index is -0.998. The molecule has 1 atom stereocenters. The molecule has 0 saturated carbocycles. The number of nitrogens with one attached hydrogen (secondary N) is 1. The zero-order chi connectivity index (χ0) is 13.7. The average molecular weight is 277 g/mol. The predicted octanol–water partition coefficient (Wildman–Crippen LogP) is 1.78. The molecule has 98 valence electrons. The lowest BCUT2D eigenvalue weighted by Gasteiger charge is -2.15. The number of rotatable bonds is 4. The molecule has 0 spiro atoms. The van der Waals surface area contributed by atoms with Gasteiger partial charge in [0.1, 0.15) is 5.51 Å². The summed E-state index contributed by atoms with van der Waals surface area (Å²) in [7, 11) is 0. The van der Waals surface area contributed by atoms with Gasteiger partial charge in [-0.15, -0.1) is 10.2 Å². The summed E-state index contributed by atoms with van der Waals surface area (Å²) in [6.07, 6.45) is -0.998. The Labute approximate surface area is 113 Å². The summed E-state index contributed by atoms with van der Waals surface area (Å²) < 4.78 is 5.05. The maximum absolute atomic E-state index is 12.1. The van der Waals surface area contributed by atoms with Crippen molar-refractivity contribution in [2.24, 2.45) is 0 Å². The van der Waals surface area contributed by atoms with Crippen LogP contribution in [0.25, 0.3) is 0 Å². The Morgan fingerprint density at radius 2 is 2.05 bits per heavy atom. The summed E-state index contributed by atoms with van der Waals surface area (Å²) in [5.41, 5.74) is 2.10. The van der Waals surface area contributed by atoms with Crippen LogP contribution in [0.1, 0.15) is 18.6 Å². The number of aromatic nitrogens is 2. The first-order valence-electron chi connectivity index (χ1n) is 5.46. The second kappa shape index (κ2) is 6.05. The second-order valence-corrected chi connectivity index (χ2v) is 4.47. The summed E-state index contributed by atoms with van der Waals surface area (Å²) in [5, 5.41) is 10.2. The molecule has 7 heteroatoms. The van der Waals surface area contributed by atoms with Gasteiger partial charge in [-0.2, -0.15) is 0 Å². The molecular weight excluding hydrogens is 266 g/mol. The van der Waals surface area contributed by atoms with Gasteiger partial charge in [-0.3, -0.25) is 14.9 Å². The number of carbonyl (C=O) groups excluding carboxylic acids is 2. The Balaban J connectivity index is 2.18. The Morgan fingerprint density at radius 3 is 2.63 bits per heavy atom. The highest BCUT2D eigenvalue weighted by molar-refractivity contribution is 7.13. The Hall–Kier alpha value is -2.28. The first-order chi connectivity index (χ1) is 9.16. The topological polar surface area (TPSA) is 81.2 Å². The highest BCUT2D eigenvalue weighted by atomic mass is 32.1. The van der Waals surface area contributed by atoms with Crippen LogP contribution < -0.4 is 5.32 Å². The zero-order valence-corrected chi connectivity index (χ0v) is 10.9. The van der Waals surface area contributed by atoms with Crippen molar-refractivity contribution in [3.63, 3.8) is 0 Å². The Bertz CT molecular complexity index is 557. The molecule has 1 N–H and O–H groups in total. The number of amides is 1. The molecule has 1 aromatic carbocycles. The van der Waals surface area contributed by atoms with Crippen LogP contribution in [0.15, 0.2) is 35.8 Å². The molecule has 0 aliphatic rings. The summed E-state index contributed by atoms with van der Waals surface area (Å²) in [4.78, 5) is 23.2. The van der Waals surface area contributed by atoms with Crippen LogP contribution in [-0.4, -0.2) is 22.1 Å². The van der Waals surface area contributed by atoms with Gasteiger partial charge in [-0.05, 0) is 0 Å². The number of nitrogens with zero attached hydrogens (tertiary/aromatic N) is 2. The van der Waals surface area contributed by atoms with E-state index < -0.39 is 18.0 Å². The van der Waals surface area contributed by atoms with Gasteiger partial charge in [0, 0.05) is 12.5 Å². The van der Waals surface area contributed by atoms with E-state index in [1.165, 1.54) is 23.8 Å². The summed E-state index contributed by atoms with van der Waals surface area (Å²) in [6, 6.07) is 8.78. The fourth-order valence-corrected chi connectivity index (χ4v) is 1.91. The molecule has 0 radical (unpaired) electrons. The number of benzene rings is 1. The molecule has 1 aromatic heterocycles. The van der Waals surface area contributed by atoms with Gasteiger partial charge in [0.25, 0.3) is 5.91 Å². The van der Waals surface area contributed by atoms with Crippen LogP contribution in [0.5, 0.6) is 0 Å². The van der Waals surface area contributed by atoms with Crippen molar-refractivity contribution >= 4 is 28.3 Å². The number of ether oxygens (including phenoxy) is 1. The molecule has 0 bridgehead atoms. The quantitative estimate of drug-likeness (QED) is 0.861. The standard InChI is InChI=1S/C12H11N3O3S/c1-8(16)18-10(9-5-3-2-4-6-9)11(17)14-12-15-13-7-19-12/h2-7,10H,1H3,(H,14,15,17)/t10-/m0/s1. The first-order valence-corrected chi connectivity index (χ1v) is 6.34. The fourth-order valence-electron chi connectivity index (χ4n) is 1.47. The molecule has 0 unspecified atom stereocenters. The van der Waals surface area contributed by atoms with Crippen LogP contribution in [0.4, 0.5) is 5.13 Å². The smallest absolute Gasteiger partial charge is 0.303 e. The molecule has 1 heterocycles. The highest BCUT2D eigenvalue weighted by Gasteiger charge is 2.24. The molecule has 0 fully saturated rings. The van der Waals surface area contributed by atoms with Gasteiger partial charge in [0.2, 0.25) is 11.2 Å². The molecule has 0 aliphatic carbocycles. The Morgan fingerprint density at radius 1 is 1.32 bits per heavy atom. The van der Waals surface area contributed by atoms with Crippen molar-refractivity contribution in [2.75, 3.05) is 5.32 Å². The third-order valence-electron chi connectivity index (χ3n) is 2.21. The number of esters is 1. The van der Waals surface area contributed by atoms with E-state index in [0.717, 1.165) is 0 Å². The van der Waals surface area contributed by atoms with E-state index in [1.54, 1.807) is 24.3 Å². The lowest BCUT2D eigenvalue weighted by molar-refractivity contribution is -0.152. The number of hydrogen-bond donors (Lipinski definition) is 1. The lowest BCUT2D eigenvalue weighted by Crippen LogP contribution is -2.25. The van der Waals surface area contributed by atoms with E-state index in [4.69, 9.17) is 4.74 Å². The minimum absolute atomic E-state index is 0.359. The third-order valence-corrected chi connectivity index (χ3v) is 2.82. The SMILES string of the molecule is CC(=O)O[C@H](C(=O)Nc1nncs1)c1ccccc1. The van der Waals surface area contributed by atoms with Crippen LogP contribution in [-0.2, 0) is 14.3 Å². The van der Waals surface area contributed by atoms with E-state index in [2.05, 4.69) is 15.5 Å². The molecule has 0 aliphatic heterocycles. The molecule has 0 saturated heterocycles. The van der Waals surface area contributed by atoms with Gasteiger partial charge < -0.3 is 4.74 Å². The molecule has 1 amide bonds. The molecule has 6 nitrogen and oxygen atoms in total. The minimum Gasteiger partial charge on any atom is -0.447 e. The number of hydrogen-bond acceptors (Lipinski definition) is 6. The van der Waals surface area contributed by atoms with Gasteiger partial charge >= 0.3 is 5.97 Å². The normalized spacial score (nSPS) is 11.6. The highest BCUT2D eigenvalue weighted by Crippen LogP contribution is 2.20. The van der Waals surface area contributed by atoms with Gasteiger partial charge in [-0.25, -0.2) is 0 Å².